The first-order valence-corrected chi connectivity index (χ1v) is 8.86. The zero-order chi connectivity index (χ0) is 19.4. The van der Waals surface area contributed by atoms with Crippen molar-refractivity contribution >= 4 is 17.5 Å². The first-order chi connectivity index (χ1) is 13.0. The first kappa shape index (κ1) is 18.6. The number of amides is 2. The fraction of sp³-hybridized carbons (Fsp3) is 0.300. The van der Waals surface area contributed by atoms with Crippen LogP contribution in [0, 0.1) is 17.0 Å². The van der Waals surface area contributed by atoms with E-state index >= 15 is 0 Å². The van der Waals surface area contributed by atoms with Crippen molar-refractivity contribution in [3.05, 3.63) is 74.8 Å². The van der Waals surface area contributed by atoms with E-state index in [0.29, 0.717) is 5.56 Å². The van der Waals surface area contributed by atoms with Gasteiger partial charge in [-0.2, -0.15) is 0 Å². The Morgan fingerprint density at radius 3 is 2.78 bits per heavy atom. The highest BCUT2D eigenvalue weighted by molar-refractivity contribution is 5.97. The minimum atomic E-state index is -0.528. The number of fused-ring (bicyclic) bond motifs is 1. The predicted octanol–water partition coefficient (Wildman–Crippen LogP) is 2.83. The van der Waals surface area contributed by atoms with Gasteiger partial charge in [-0.05, 0) is 43.4 Å². The third kappa shape index (κ3) is 4.31. The Hall–Kier alpha value is -3.22. The number of hydrogen-bond donors (Lipinski definition) is 2. The third-order valence-electron chi connectivity index (χ3n) is 4.78. The number of nitrogens with zero attached hydrogens (tertiary/aromatic N) is 1. The fourth-order valence-corrected chi connectivity index (χ4v) is 3.36. The molecule has 0 aliphatic heterocycles. The van der Waals surface area contributed by atoms with E-state index in [1.54, 1.807) is 6.92 Å². The van der Waals surface area contributed by atoms with Crippen LogP contribution in [0.4, 0.5) is 5.69 Å². The molecule has 7 heteroatoms. The lowest BCUT2D eigenvalue weighted by Gasteiger charge is -2.26. The standard InChI is InChI=1S/C20H21N3O4/c1-13-9-10-15(11-18(13)23(26)27)20(25)21-12-19(24)22-17-8-4-6-14-5-2-3-7-16(14)17/h2-3,5,7,9-11,17H,4,6,8,12H2,1H3,(H,21,25)(H,22,24)/t17-/m0/s1. The molecule has 0 unspecified atom stereocenters. The quantitative estimate of drug-likeness (QED) is 0.627. The molecule has 1 aliphatic carbocycles. The second kappa shape index (κ2) is 7.99. The first-order valence-electron chi connectivity index (χ1n) is 8.86. The van der Waals surface area contributed by atoms with Crippen molar-refractivity contribution in [2.24, 2.45) is 0 Å². The van der Waals surface area contributed by atoms with E-state index in [-0.39, 0.29) is 29.7 Å². The second-order valence-electron chi connectivity index (χ2n) is 6.65. The highest BCUT2D eigenvalue weighted by Gasteiger charge is 2.22. The van der Waals surface area contributed by atoms with Gasteiger partial charge >= 0.3 is 0 Å². The maximum absolute atomic E-state index is 12.3. The summed E-state index contributed by atoms with van der Waals surface area (Å²) in [5.74, 6) is -0.802. The smallest absolute Gasteiger partial charge is 0.273 e. The molecule has 7 nitrogen and oxygen atoms in total. The zero-order valence-electron chi connectivity index (χ0n) is 15.0. The molecule has 0 bridgehead atoms. The lowest BCUT2D eigenvalue weighted by Crippen LogP contribution is -2.39. The number of hydrogen-bond acceptors (Lipinski definition) is 4. The minimum Gasteiger partial charge on any atom is -0.348 e. The van der Waals surface area contributed by atoms with E-state index in [4.69, 9.17) is 0 Å². The Bertz CT molecular complexity index is 895. The second-order valence-corrected chi connectivity index (χ2v) is 6.65. The Morgan fingerprint density at radius 2 is 2.00 bits per heavy atom. The van der Waals surface area contributed by atoms with E-state index in [2.05, 4.69) is 16.7 Å². The summed E-state index contributed by atoms with van der Waals surface area (Å²) < 4.78 is 0. The molecular formula is C20H21N3O4. The molecule has 0 radical (unpaired) electrons. The van der Waals surface area contributed by atoms with Gasteiger partial charge in [0.2, 0.25) is 5.91 Å². The molecule has 1 atom stereocenters. The molecule has 2 amide bonds. The zero-order valence-corrected chi connectivity index (χ0v) is 15.0. The molecule has 2 aromatic rings. The molecule has 2 aromatic carbocycles. The monoisotopic (exact) mass is 367 g/mol. The highest BCUT2D eigenvalue weighted by atomic mass is 16.6. The Labute approximate surface area is 156 Å². The average Bonchev–Trinajstić information content (AvgIpc) is 2.66. The number of rotatable bonds is 5. The van der Waals surface area contributed by atoms with Crippen molar-refractivity contribution in [3.63, 3.8) is 0 Å². The molecular weight excluding hydrogens is 346 g/mol. The Morgan fingerprint density at radius 1 is 1.22 bits per heavy atom. The maximum atomic E-state index is 12.3. The number of nitro groups is 1. The topological polar surface area (TPSA) is 101 Å². The molecule has 140 valence electrons. The predicted molar refractivity (Wildman–Crippen MR) is 100 cm³/mol. The van der Waals surface area contributed by atoms with Crippen molar-refractivity contribution in [3.8, 4) is 0 Å². The van der Waals surface area contributed by atoms with Crippen LogP contribution < -0.4 is 10.6 Å². The SMILES string of the molecule is Cc1ccc(C(=O)NCC(=O)N[C@H]2CCCc3ccccc32)cc1[N+](=O)[O-]. The Kier molecular flexibility index (Phi) is 5.49. The molecule has 2 N–H and O–H groups in total. The van der Waals surface area contributed by atoms with Gasteiger partial charge in [0, 0.05) is 17.2 Å². The molecule has 0 saturated heterocycles. The lowest BCUT2D eigenvalue weighted by atomic mass is 9.88. The summed E-state index contributed by atoms with van der Waals surface area (Å²) in [4.78, 5) is 34.9. The molecule has 1 aliphatic rings. The van der Waals surface area contributed by atoms with Crippen LogP contribution in [0.15, 0.2) is 42.5 Å². The van der Waals surface area contributed by atoms with E-state index < -0.39 is 10.8 Å². The number of nitro benzene ring substituents is 1. The lowest BCUT2D eigenvalue weighted by molar-refractivity contribution is -0.385. The van der Waals surface area contributed by atoms with Crippen LogP contribution in [-0.4, -0.2) is 23.3 Å². The molecule has 0 heterocycles. The van der Waals surface area contributed by atoms with Gasteiger partial charge in [0.15, 0.2) is 0 Å². The van der Waals surface area contributed by atoms with E-state index in [9.17, 15) is 19.7 Å². The van der Waals surface area contributed by atoms with Crippen LogP contribution >= 0.6 is 0 Å². The summed E-state index contributed by atoms with van der Waals surface area (Å²) in [6.07, 6.45) is 2.87. The van der Waals surface area contributed by atoms with Crippen molar-refractivity contribution in [2.45, 2.75) is 32.2 Å². The van der Waals surface area contributed by atoms with Crippen LogP contribution in [-0.2, 0) is 11.2 Å². The van der Waals surface area contributed by atoms with Crippen molar-refractivity contribution in [1.82, 2.24) is 10.6 Å². The molecule has 0 fully saturated rings. The number of aryl methyl sites for hydroxylation is 2. The summed E-state index contributed by atoms with van der Waals surface area (Å²) in [5.41, 5.74) is 2.88. The normalized spacial score (nSPS) is 15.5. The van der Waals surface area contributed by atoms with Crippen molar-refractivity contribution in [2.75, 3.05) is 6.54 Å². The van der Waals surface area contributed by atoms with Crippen LogP contribution in [0.2, 0.25) is 0 Å². The van der Waals surface area contributed by atoms with Crippen molar-refractivity contribution in [1.29, 1.82) is 0 Å². The number of carbonyl (C=O) groups excluding carboxylic acids is 2. The summed E-state index contributed by atoms with van der Waals surface area (Å²) in [6, 6.07) is 12.2. The number of nitrogens with one attached hydrogen (secondary N) is 2. The molecule has 3 rings (SSSR count). The van der Waals surface area contributed by atoms with Crippen LogP contribution in [0.25, 0.3) is 0 Å². The van der Waals surface area contributed by atoms with Crippen molar-refractivity contribution < 1.29 is 14.5 Å². The van der Waals surface area contributed by atoms with Gasteiger partial charge < -0.3 is 10.6 Å². The molecule has 0 saturated carbocycles. The summed E-state index contributed by atoms with van der Waals surface area (Å²) in [5, 5.41) is 16.5. The summed E-state index contributed by atoms with van der Waals surface area (Å²) >= 11 is 0. The van der Waals surface area contributed by atoms with Gasteiger partial charge in [0.05, 0.1) is 17.5 Å². The fourth-order valence-electron chi connectivity index (χ4n) is 3.36. The van der Waals surface area contributed by atoms with Gasteiger partial charge in [0.1, 0.15) is 0 Å². The van der Waals surface area contributed by atoms with Gasteiger partial charge in [0.25, 0.3) is 11.6 Å². The largest absolute Gasteiger partial charge is 0.348 e. The van der Waals surface area contributed by atoms with Gasteiger partial charge in [-0.1, -0.05) is 30.3 Å². The molecule has 0 spiro atoms. The summed E-state index contributed by atoms with van der Waals surface area (Å²) in [6.45, 7) is 1.43. The van der Waals surface area contributed by atoms with E-state index in [1.165, 1.54) is 23.8 Å². The van der Waals surface area contributed by atoms with Crippen LogP contribution in [0.1, 0.15) is 45.9 Å². The van der Waals surface area contributed by atoms with Crippen LogP contribution in [0.3, 0.4) is 0 Å². The van der Waals surface area contributed by atoms with Gasteiger partial charge in [-0.15, -0.1) is 0 Å². The molecule has 27 heavy (non-hydrogen) atoms. The third-order valence-corrected chi connectivity index (χ3v) is 4.78. The average molecular weight is 367 g/mol. The van der Waals surface area contributed by atoms with Gasteiger partial charge in [-0.3, -0.25) is 19.7 Å². The number of carbonyl (C=O) groups is 2. The van der Waals surface area contributed by atoms with Gasteiger partial charge in [-0.25, -0.2) is 0 Å². The van der Waals surface area contributed by atoms with E-state index in [0.717, 1.165) is 24.8 Å². The maximum Gasteiger partial charge on any atom is 0.273 e. The molecule has 0 aromatic heterocycles. The number of benzene rings is 2. The summed E-state index contributed by atoms with van der Waals surface area (Å²) in [7, 11) is 0. The van der Waals surface area contributed by atoms with Crippen LogP contribution in [0.5, 0.6) is 0 Å². The minimum absolute atomic E-state index is 0.0557. The highest BCUT2D eigenvalue weighted by Crippen LogP contribution is 2.29. The van der Waals surface area contributed by atoms with E-state index in [1.807, 2.05) is 18.2 Å². The Balaban J connectivity index is 1.59.